The number of likely N-dealkylation sites (tertiary alicyclic amines) is 1. The van der Waals surface area contributed by atoms with E-state index in [1.807, 2.05) is 24.3 Å². The third-order valence-electron chi connectivity index (χ3n) is 9.13. The fourth-order valence-electron chi connectivity index (χ4n) is 6.69. The molecule has 1 saturated heterocycles. The Bertz CT molecular complexity index is 1780. The topological polar surface area (TPSA) is 62.6 Å². The molecule has 1 atom stereocenters. The number of fused-ring (bicyclic) bond motifs is 1. The van der Waals surface area contributed by atoms with Crippen LogP contribution in [0, 0.1) is 0 Å². The third-order valence-corrected chi connectivity index (χ3v) is 9.68. The second-order valence-electron chi connectivity index (χ2n) is 12.2. The first kappa shape index (κ1) is 31.2. The van der Waals surface area contributed by atoms with E-state index in [-0.39, 0.29) is 22.8 Å². The van der Waals surface area contributed by atoms with Crippen molar-refractivity contribution < 1.29 is 9.21 Å². The van der Waals surface area contributed by atoms with Crippen molar-refractivity contribution in [1.82, 2.24) is 10.2 Å². The van der Waals surface area contributed by atoms with Crippen LogP contribution in [0.15, 0.2) is 106 Å². The van der Waals surface area contributed by atoms with Crippen LogP contribution in [0.25, 0.3) is 11.0 Å². The molecule has 6 rings (SSSR count). The van der Waals surface area contributed by atoms with E-state index in [1.165, 1.54) is 41.3 Å². The van der Waals surface area contributed by atoms with Gasteiger partial charge in [-0.05, 0) is 98.2 Å². The van der Waals surface area contributed by atoms with E-state index in [4.69, 9.17) is 27.6 Å². The maximum absolute atomic E-state index is 13.5. The standard InChI is InChI=1S/C38H38Cl2N2O3/c1-25-7-4-5-20-42(25)24-29-8-2-3-9-32(29)28-16-12-26(13-17-28)21-31(22-27-14-18-30(39)19-15-27)41-38(44)36-23-35(43)33-10-6-11-34(40)37(33)45-36/h2-3,6,8-11,14-15,18-19,21,23,28,31H,1,4-5,7,12-13,16-17,20,22,24H2,(H,41,44)/t28?,31-/m1/s1. The molecule has 1 N–H and O–H groups in total. The minimum atomic E-state index is -0.452. The molecular formula is C38H38Cl2N2O3. The zero-order valence-corrected chi connectivity index (χ0v) is 26.9. The van der Waals surface area contributed by atoms with Crippen molar-refractivity contribution in [2.45, 2.75) is 69.9 Å². The highest BCUT2D eigenvalue weighted by Gasteiger charge is 2.24. The molecule has 4 aromatic rings. The van der Waals surface area contributed by atoms with E-state index < -0.39 is 5.91 Å². The van der Waals surface area contributed by atoms with Crippen LogP contribution < -0.4 is 10.7 Å². The predicted molar refractivity (Wildman–Crippen MR) is 183 cm³/mol. The molecule has 0 radical (unpaired) electrons. The second-order valence-corrected chi connectivity index (χ2v) is 13.1. The molecule has 1 aliphatic heterocycles. The maximum atomic E-state index is 13.5. The Balaban J connectivity index is 1.19. The van der Waals surface area contributed by atoms with Crippen molar-refractivity contribution in [3.8, 4) is 0 Å². The number of hydrogen-bond donors (Lipinski definition) is 1. The number of amides is 1. The average Bonchev–Trinajstić information content (AvgIpc) is 3.04. The van der Waals surface area contributed by atoms with Crippen LogP contribution in [-0.2, 0) is 13.0 Å². The number of rotatable bonds is 8. The summed E-state index contributed by atoms with van der Waals surface area (Å²) in [7, 11) is 0. The second kappa shape index (κ2) is 14.1. The van der Waals surface area contributed by atoms with Crippen LogP contribution >= 0.6 is 23.2 Å². The zero-order valence-electron chi connectivity index (χ0n) is 25.4. The summed E-state index contributed by atoms with van der Waals surface area (Å²) in [6, 6.07) is 22.5. The molecule has 2 heterocycles. The smallest absolute Gasteiger partial charge is 0.287 e. The number of allylic oxidation sites excluding steroid dienone is 2. The minimum Gasteiger partial charge on any atom is -0.449 e. The summed E-state index contributed by atoms with van der Waals surface area (Å²) in [4.78, 5) is 28.7. The highest BCUT2D eigenvalue weighted by molar-refractivity contribution is 6.34. The Kier molecular flexibility index (Phi) is 9.77. The van der Waals surface area contributed by atoms with Crippen molar-refractivity contribution in [3.63, 3.8) is 0 Å². The van der Waals surface area contributed by atoms with Gasteiger partial charge in [0.25, 0.3) is 5.91 Å². The van der Waals surface area contributed by atoms with Crippen molar-refractivity contribution in [3.05, 3.63) is 139 Å². The highest BCUT2D eigenvalue weighted by atomic mass is 35.5. The summed E-state index contributed by atoms with van der Waals surface area (Å²) in [5.74, 6) is -0.0132. The number of nitrogens with zero attached hydrogens (tertiary/aromatic N) is 1. The van der Waals surface area contributed by atoms with Crippen molar-refractivity contribution in [1.29, 1.82) is 0 Å². The molecule has 1 aromatic heterocycles. The number of carbonyl (C=O) groups is 1. The van der Waals surface area contributed by atoms with Crippen LogP contribution in [0.1, 0.15) is 78.1 Å². The molecule has 1 saturated carbocycles. The molecule has 1 aliphatic carbocycles. The van der Waals surface area contributed by atoms with Crippen molar-refractivity contribution in [2.75, 3.05) is 6.54 Å². The van der Waals surface area contributed by atoms with Gasteiger partial charge in [0.2, 0.25) is 0 Å². The van der Waals surface area contributed by atoms with Gasteiger partial charge in [0.15, 0.2) is 16.8 Å². The molecule has 5 nitrogen and oxygen atoms in total. The molecule has 2 fully saturated rings. The fourth-order valence-corrected chi connectivity index (χ4v) is 7.03. The largest absolute Gasteiger partial charge is 0.449 e. The molecule has 7 heteroatoms. The molecular weight excluding hydrogens is 603 g/mol. The minimum absolute atomic E-state index is 0.0585. The number of carbonyl (C=O) groups excluding carboxylic acids is 1. The van der Waals surface area contributed by atoms with E-state index in [0.717, 1.165) is 50.8 Å². The molecule has 2 aliphatic rings. The molecule has 1 amide bonds. The lowest BCUT2D eigenvalue weighted by Crippen LogP contribution is -2.36. The zero-order chi connectivity index (χ0) is 31.3. The van der Waals surface area contributed by atoms with E-state index >= 15 is 0 Å². The summed E-state index contributed by atoms with van der Waals surface area (Å²) < 4.78 is 5.84. The first-order valence-electron chi connectivity index (χ1n) is 15.8. The van der Waals surface area contributed by atoms with Gasteiger partial charge in [-0.1, -0.05) is 83.9 Å². The molecule has 0 spiro atoms. The molecule has 232 valence electrons. The highest BCUT2D eigenvalue weighted by Crippen LogP contribution is 2.38. The number of piperidine rings is 1. The Hall–Kier alpha value is -3.80. The lowest BCUT2D eigenvalue weighted by atomic mass is 9.79. The third kappa shape index (κ3) is 7.54. The number of hydrogen-bond acceptors (Lipinski definition) is 4. The van der Waals surface area contributed by atoms with Crippen LogP contribution in [0.2, 0.25) is 10.0 Å². The van der Waals surface area contributed by atoms with Crippen molar-refractivity contribution >= 4 is 40.1 Å². The first-order chi connectivity index (χ1) is 21.8. The fraction of sp³-hybridized carbons (Fsp3) is 0.316. The Morgan fingerprint density at radius 1 is 1.00 bits per heavy atom. The Morgan fingerprint density at radius 2 is 1.78 bits per heavy atom. The van der Waals surface area contributed by atoms with Crippen LogP contribution in [0.3, 0.4) is 0 Å². The van der Waals surface area contributed by atoms with E-state index in [0.29, 0.717) is 27.8 Å². The average molecular weight is 642 g/mol. The predicted octanol–water partition coefficient (Wildman–Crippen LogP) is 9.22. The van der Waals surface area contributed by atoms with E-state index in [1.54, 1.807) is 18.2 Å². The lowest BCUT2D eigenvalue weighted by Gasteiger charge is -2.33. The summed E-state index contributed by atoms with van der Waals surface area (Å²) >= 11 is 12.4. The normalized spacial score (nSPS) is 17.7. The summed E-state index contributed by atoms with van der Waals surface area (Å²) in [5, 5.41) is 4.42. The van der Waals surface area contributed by atoms with E-state index in [2.05, 4.69) is 47.1 Å². The van der Waals surface area contributed by atoms with Gasteiger partial charge in [0.1, 0.15) is 0 Å². The summed E-state index contributed by atoms with van der Waals surface area (Å²) in [5.41, 5.74) is 6.40. The monoisotopic (exact) mass is 640 g/mol. The van der Waals surface area contributed by atoms with Gasteiger partial charge < -0.3 is 14.6 Å². The quantitative estimate of drug-likeness (QED) is 0.195. The molecule has 0 bridgehead atoms. The van der Waals surface area contributed by atoms with Gasteiger partial charge in [-0.25, -0.2) is 0 Å². The first-order valence-corrected chi connectivity index (χ1v) is 16.6. The van der Waals surface area contributed by atoms with Gasteiger partial charge in [0, 0.05) is 29.9 Å². The van der Waals surface area contributed by atoms with Crippen LogP contribution in [-0.4, -0.2) is 23.4 Å². The number of benzene rings is 3. The van der Waals surface area contributed by atoms with Crippen LogP contribution in [0.5, 0.6) is 0 Å². The Morgan fingerprint density at radius 3 is 2.56 bits per heavy atom. The van der Waals surface area contributed by atoms with Gasteiger partial charge >= 0.3 is 0 Å². The number of nitrogens with one attached hydrogen (secondary N) is 1. The van der Waals surface area contributed by atoms with Gasteiger partial charge in [0.05, 0.1) is 16.5 Å². The van der Waals surface area contributed by atoms with E-state index in [9.17, 15) is 9.59 Å². The van der Waals surface area contributed by atoms with Gasteiger partial charge in [-0.2, -0.15) is 0 Å². The molecule has 3 aromatic carbocycles. The maximum Gasteiger partial charge on any atom is 0.287 e. The van der Waals surface area contributed by atoms with Gasteiger partial charge in [-0.15, -0.1) is 0 Å². The van der Waals surface area contributed by atoms with Crippen molar-refractivity contribution in [2.24, 2.45) is 0 Å². The molecule has 45 heavy (non-hydrogen) atoms. The summed E-state index contributed by atoms with van der Waals surface area (Å²) in [6.07, 6.45) is 10.4. The van der Waals surface area contributed by atoms with Gasteiger partial charge in [-0.3, -0.25) is 9.59 Å². The van der Waals surface area contributed by atoms with Crippen LogP contribution in [0.4, 0.5) is 0 Å². The molecule has 0 unspecified atom stereocenters. The summed E-state index contributed by atoms with van der Waals surface area (Å²) in [6.45, 7) is 6.34. The SMILES string of the molecule is C=C1CCCCN1Cc1ccccc1C1CCC(=C[C@H](Cc2ccc(Cl)cc2)NC(=O)c2cc(=O)c3cccc(Cl)c3o2)CC1. The number of para-hydroxylation sites is 1. The Labute approximate surface area is 274 Å². The lowest BCUT2D eigenvalue weighted by molar-refractivity contribution is 0.0917. The number of halogens is 2.